The molecular formula is C23H27ClN4O2S. The van der Waals surface area contributed by atoms with E-state index in [1.165, 1.54) is 5.56 Å². The van der Waals surface area contributed by atoms with Gasteiger partial charge in [0.05, 0.1) is 4.90 Å². The average molecular weight is 459 g/mol. The summed E-state index contributed by atoms with van der Waals surface area (Å²) in [7, 11) is -3.62. The van der Waals surface area contributed by atoms with Crippen LogP contribution in [0, 0.1) is 0 Å². The summed E-state index contributed by atoms with van der Waals surface area (Å²) in [6.45, 7) is 7.25. The van der Waals surface area contributed by atoms with Crippen LogP contribution in [0.1, 0.15) is 12.5 Å². The third-order valence-electron chi connectivity index (χ3n) is 5.60. The summed E-state index contributed by atoms with van der Waals surface area (Å²) in [5, 5.41) is 2.26. The van der Waals surface area contributed by atoms with Crippen LogP contribution in [0.5, 0.6) is 0 Å². The maximum Gasteiger partial charge on any atom is 0.241 e. The van der Waals surface area contributed by atoms with E-state index in [1.807, 2.05) is 25.1 Å². The number of benzene rings is 2. The molecule has 0 aliphatic carbocycles. The zero-order valence-corrected chi connectivity index (χ0v) is 19.1. The minimum Gasteiger partial charge on any atom is -0.299 e. The van der Waals surface area contributed by atoms with E-state index in [4.69, 9.17) is 11.6 Å². The predicted octanol–water partition coefficient (Wildman–Crippen LogP) is 3.37. The summed E-state index contributed by atoms with van der Waals surface area (Å²) in [4.78, 5) is 9.11. The molecule has 2 aromatic carbocycles. The number of rotatable bonds is 7. The number of aromatic nitrogens is 1. The van der Waals surface area contributed by atoms with Crippen LogP contribution in [0.4, 0.5) is 0 Å². The lowest BCUT2D eigenvalue weighted by Gasteiger charge is -2.36. The van der Waals surface area contributed by atoms with Crippen molar-refractivity contribution in [3.63, 3.8) is 0 Å². The Kier molecular flexibility index (Phi) is 6.89. The Morgan fingerprint density at radius 2 is 1.74 bits per heavy atom. The van der Waals surface area contributed by atoms with E-state index in [2.05, 4.69) is 31.6 Å². The first-order valence-corrected chi connectivity index (χ1v) is 12.3. The van der Waals surface area contributed by atoms with Crippen molar-refractivity contribution in [2.24, 2.45) is 0 Å². The number of pyridine rings is 1. The molecule has 0 saturated carbocycles. The second kappa shape index (κ2) is 9.63. The van der Waals surface area contributed by atoms with Gasteiger partial charge in [-0.15, -0.1) is 0 Å². The third kappa shape index (κ3) is 5.61. The van der Waals surface area contributed by atoms with Crippen LogP contribution in [0.25, 0.3) is 10.8 Å². The summed E-state index contributed by atoms with van der Waals surface area (Å²) >= 11 is 5.96. The SMILES string of the molecule is C[C@H](CN1CCN(Cc2ccc(Cl)cc2)CC1)NS(=O)(=O)c1cccc2cnccc12. The molecule has 3 aromatic rings. The van der Waals surface area contributed by atoms with Gasteiger partial charge in [-0.05, 0) is 36.8 Å². The molecule has 0 bridgehead atoms. The number of nitrogens with one attached hydrogen (secondary N) is 1. The highest BCUT2D eigenvalue weighted by Crippen LogP contribution is 2.22. The van der Waals surface area contributed by atoms with Crippen molar-refractivity contribution in [2.75, 3.05) is 32.7 Å². The highest BCUT2D eigenvalue weighted by molar-refractivity contribution is 7.89. The first-order chi connectivity index (χ1) is 14.9. The normalized spacial score (nSPS) is 17.1. The number of fused-ring (bicyclic) bond motifs is 1. The van der Waals surface area contributed by atoms with Gasteiger partial charge in [-0.3, -0.25) is 14.8 Å². The number of hydrogen-bond donors (Lipinski definition) is 1. The average Bonchev–Trinajstić information content (AvgIpc) is 2.76. The second-order valence-electron chi connectivity index (χ2n) is 8.08. The van der Waals surface area contributed by atoms with Crippen LogP contribution in [0.3, 0.4) is 0 Å². The molecule has 0 amide bonds. The Morgan fingerprint density at radius 3 is 2.48 bits per heavy atom. The van der Waals surface area contributed by atoms with E-state index in [0.717, 1.165) is 43.1 Å². The number of hydrogen-bond acceptors (Lipinski definition) is 5. The molecular weight excluding hydrogens is 432 g/mol. The number of nitrogens with zero attached hydrogens (tertiary/aromatic N) is 3. The summed E-state index contributed by atoms with van der Waals surface area (Å²) < 4.78 is 28.9. The first-order valence-electron chi connectivity index (χ1n) is 10.4. The van der Waals surface area contributed by atoms with Gasteiger partial charge in [0.25, 0.3) is 0 Å². The molecule has 1 aliphatic heterocycles. The molecule has 1 saturated heterocycles. The highest BCUT2D eigenvalue weighted by Gasteiger charge is 2.23. The Labute approximate surface area is 188 Å². The van der Waals surface area contributed by atoms with Crippen molar-refractivity contribution in [3.05, 3.63) is 71.5 Å². The van der Waals surface area contributed by atoms with Gasteiger partial charge in [-0.2, -0.15) is 0 Å². The molecule has 1 fully saturated rings. The Hall–Kier alpha value is -2.03. The molecule has 0 spiro atoms. The standard InChI is InChI=1S/C23H27ClN4O2S/c1-18(26-31(29,30)23-4-2-3-20-15-25-10-9-22(20)23)16-27-11-13-28(14-12-27)17-19-5-7-21(24)8-6-19/h2-10,15,18,26H,11-14,16-17H2,1H3/t18-/m1/s1. The summed E-state index contributed by atoms with van der Waals surface area (Å²) in [6, 6.07) is 14.8. The van der Waals surface area contributed by atoms with E-state index in [1.54, 1.807) is 30.6 Å². The lowest BCUT2D eigenvalue weighted by Crippen LogP contribution is -2.50. The van der Waals surface area contributed by atoms with Crippen LogP contribution in [0.15, 0.2) is 65.8 Å². The molecule has 1 aromatic heterocycles. The van der Waals surface area contributed by atoms with Crippen molar-refractivity contribution in [1.29, 1.82) is 0 Å². The lowest BCUT2D eigenvalue weighted by atomic mass is 10.2. The fraction of sp³-hybridized carbons (Fsp3) is 0.348. The minimum absolute atomic E-state index is 0.190. The fourth-order valence-corrected chi connectivity index (χ4v) is 5.65. The molecule has 0 unspecified atom stereocenters. The van der Waals surface area contributed by atoms with Gasteiger partial charge < -0.3 is 0 Å². The van der Waals surface area contributed by atoms with Crippen molar-refractivity contribution < 1.29 is 8.42 Å². The van der Waals surface area contributed by atoms with Gasteiger partial charge in [-0.25, -0.2) is 13.1 Å². The molecule has 6 nitrogen and oxygen atoms in total. The topological polar surface area (TPSA) is 65.5 Å². The summed E-state index contributed by atoms with van der Waals surface area (Å²) in [6.07, 6.45) is 3.30. The smallest absolute Gasteiger partial charge is 0.241 e. The highest BCUT2D eigenvalue weighted by atomic mass is 35.5. The summed E-state index contributed by atoms with van der Waals surface area (Å²) in [5.74, 6) is 0. The molecule has 2 heterocycles. The van der Waals surface area contributed by atoms with Gasteiger partial charge in [0.2, 0.25) is 10.0 Å². The van der Waals surface area contributed by atoms with E-state index in [-0.39, 0.29) is 6.04 Å². The van der Waals surface area contributed by atoms with Crippen LogP contribution in [0.2, 0.25) is 5.02 Å². The van der Waals surface area contributed by atoms with E-state index < -0.39 is 10.0 Å². The molecule has 31 heavy (non-hydrogen) atoms. The van der Waals surface area contributed by atoms with Crippen LogP contribution >= 0.6 is 11.6 Å². The number of halogens is 1. The minimum atomic E-state index is -3.62. The van der Waals surface area contributed by atoms with E-state index in [9.17, 15) is 8.42 Å². The maximum absolute atomic E-state index is 13.0. The van der Waals surface area contributed by atoms with Gasteiger partial charge >= 0.3 is 0 Å². The van der Waals surface area contributed by atoms with Crippen LogP contribution < -0.4 is 4.72 Å². The molecule has 4 rings (SSSR count). The third-order valence-corrected chi connectivity index (χ3v) is 7.50. The summed E-state index contributed by atoms with van der Waals surface area (Å²) in [5.41, 5.74) is 1.25. The zero-order valence-electron chi connectivity index (χ0n) is 17.5. The monoisotopic (exact) mass is 458 g/mol. The zero-order chi connectivity index (χ0) is 21.8. The predicted molar refractivity (Wildman–Crippen MR) is 125 cm³/mol. The van der Waals surface area contributed by atoms with Crippen molar-refractivity contribution in [1.82, 2.24) is 19.5 Å². The van der Waals surface area contributed by atoms with Crippen molar-refractivity contribution >= 4 is 32.4 Å². The molecule has 8 heteroatoms. The molecule has 0 radical (unpaired) electrons. The second-order valence-corrected chi connectivity index (χ2v) is 10.2. The molecule has 1 N–H and O–H groups in total. The van der Waals surface area contributed by atoms with Gasteiger partial charge in [-0.1, -0.05) is 35.9 Å². The van der Waals surface area contributed by atoms with Crippen molar-refractivity contribution in [2.45, 2.75) is 24.4 Å². The van der Waals surface area contributed by atoms with Crippen LogP contribution in [-0.2, 0) is 16.6 Å². The Balaban J connectivity index is 1.32. The fourth-order valence-electron chi connectivity index (χ4n) is 4.06. The van der Waals surface area contributed by atoms with Gasteiger partial charge in [0.15, 0.2) is 0 Å². The van der Waals surface area contributed by atoms with Gasteiger partial charge in [0, 0.05) is 73.5 Å². The Bertz CT molecular complexity index is 1120. The largest absolute Gasteiger partial charge is 0.299 e. The quantitative estimate of drug-likeness (QED) is 0.588. The maximum atomic E-state index is 13.0. The first kappa shape index (κ1) is 22.2. The van der Waals surface area contributed by atoms with Crippen molar-refractivity contribution in [3.8, 4) is 0 Å². The van der Waals surface area contributed by atoms with Crippen LogP contribution in [-0.4, -0.2) is 62.0 Å². The molecule has 1 aliphatic rings. The lowest BCUT2D eigenvalue weighted by molar-refractivity contribution is 0.122. The van der Waals surface area contributed by atoms with E-state index in [0.29, 0.717) is 16.8 Å². The molecule has 1 atom stereocenters. The molecule has 164 valence electrons. The number of sulfonamides is 1. The number of piperazine rings is 1. The van der Waals surface area contributed by atoms with E-state index >= 15 is 0 Å². The van der Waals surface area contributed by atoms with Gasteiger partial charge in [0.1, 0.15) is 0 Å². The Morgan fingerprint density at radius 1 is 1.03 bits per heavy atom.